The Hall–Kier alpha value is -2.38. The Morgan fingerprint density at radius 2 is 2.19 bits per heavy atom. The van der Waals surface area contributed by atoms with Gasteiger partial charge in [-0.1, -0.05) is 23.3 Å². The van der Waals surface area contributed by atoms with Crippen molar-refractivity contribution >= 4 is 11.9 Å². The Morgan fingerprint density at radius 1 is 1.33 bits per heavy atom. The second-order valence-corrected chi connectivity index (χ2v) is 4.82. The van der Waals surface area contributed by atoms with E-state index in [4.69, 9.17) is 0 Å². The average molecular weight is 293 g/mol. The van der Waals surface area contributed by atoms with Gasteiger partial charge in [0.15, 0.2) is 0 Å². The molecular formula is C13H13F2N5O. The standard InChI is InChI=1S/C13H13F2N5O/c14-12(15)10-4-1-3-9(7-10)8-11(21)19-5-2-6-20-13(19)16-17-18-20/h1,3-4,7,12H,2,5-6,8H2. The maximum absolute atomic E-state index is 12.7. The van der Waals surface area contributed by atoms with Gasteiger partial charge in [0.2, 0.25) is 5.91 Å². The quantitative estimate of drug-likeness (QED) is 0.862. The molecule has 6 nitrogen and oxygen atoms in total. The molecule has 0 aliphatic carbocycles. The maximum Gasteiger partial charge on any atom is 0.263 e. The van der Waals surface area contributed by atoms with E-state index in [-0.39, 0.29) is 17.9 Å². The van der Waals surface area contributed by atoms with Gasteiger partial charge in [-0.25, -0.2) is 13.5 Å². The van der Waals surface area contributed by atoms with Crippen molar-refractivity contribution < 1.29 is 13.6 Å². The lowest BCUT2D eigenvalue weighted by Gasteiger charge is -2.25. The Bertz CT molecular complexity index is 658. The van der Waals surface area contributed by atoms with Crippen LogP contribution in [0.5, 0.6) is 0 Å². The molecule has 1 aliphatic rings. The van der Waals surface area contributed by atoms with E-state index in [1.165, 1.54) is 23.1 Å². The smallest absolute Gasteiger partial charge is 0.263 e. The molecule has 21 heavy (non-hydrogen) atoms. The van der Waals surface area contributed by atoms with Gasteiger partial charge in [-0.05, 0) is 28.5 Å². The van der Waals surface area contributed by atoms with Crippen molar-refractivity contribution in [1.82, 2.24) is 20.2 Å². The highest BCUT2D eigenvalue weighted by Gasteiger charge is 2.25. The van der Waals surface area contributed by atoms with Crippen LogP contribution in [0.3, 0.4) is 0 Å². The fourth-order valence-corrected chi connectivity index (χ4v) is 2.36. The third-order valence-electron chi connectivity index (χ3n) is 3.37. The van der Waals surface area contributed by atoms with Crippen LogP contribution >= 0.6 is 0 Å². The number of tetrazole rings is 1. The molecule has 1 aromatic heterocycles. The summed E-state index contributed by atoms with van der Waals surface area (Å²) in [6.07, 6.45) is -1.73. The first kappa shape index (κ1) is 13.6. The summed E-state index contributed by atoms with van der Waals surface area (Å²) in [7, 11) is 0. The molecule has 0 saturated carbocycles. The average Bonchev–Trinajstić information content (AvgIpc) is 2.95. The number of carbonyl (C=O) groups is 1. The first-order valence-corrected chi connectivity index (χ1v) is 6.58. The Labute approximate surface area is 119 Å². The molecule has 1 amide bonds. The molecule has 1 aliphatic heterocycles. The van der Waals surface area contributed by atoms with Gasteiger partial charge in [0.05, 0.1) is 6.42 Å². The summed E-state index contributed by atoms with van der Waals surface area (Å²) in [5, 5.41) is 11.2. The van der Waals surface area contributed by atoms with Crippen LogP contribution in [0.2, 0.25) is 0 Å². The monoisotopic (exact) mass is 293 g/mol. The number of carbonyl (C=O) groups excluding carboxylic acids is 1. The Balaban J connectivity index is 1.77. The van der Waals surface area contributed by atoms with Crippen LogP contribution in [-0.4, -0.2) is 32.7 Å². The van der Waals surface area contributed by atoms with E-state index in [1.54, 1.807) is 10.7 Å². The fraction of sp³-hybridized carbons (Fsp3) is 0.385. The van der Waals surface area contributed by atoms with Gasteiger partial charge >= 0.3 is 0 Å². The zero-order valence-corrected chi connectivity index (χ0v) is 11.1. The molecule has 0 fully saturated rings. The molecule has 1 aromatic carbocycles. The van der Waals surface area contributed by atoms with Crippen LogP contribution in [0.15, 0.2) is 24.3 Å². The second kappa shape index (κ2) is 5.55. The first-order valence-electron chi connectivity index (χ1n) is 6.58. The van der Waals surface area contributed by atoms with Gasteiger partial charge in [0, 0.05) is 18.7 Å². The predicted molar refractivity (Wildman–Crippen MR) is 69.9 cm³/mol. The number of fused-ring (bicyclic) bond motifs is 1. The van der Waals surface area contributed by atoms with E-state index in [1.807, 2.05) is 0 Å². The van der Waals surface area contributed by atoms with E-state index in [0.29, 0.717) is 24.6 Å². The topological polar surface area (TPSA) is 63.9 Å². The van der Waals surface area contributed by atoms with Crippen LogP contribution in [0.25, 0.3) is 0 Å². The highest BCUT2D eigenvalue weighted by atomic mass is 19.3. The van der Waals surface area contributed by atoms with Crippen molar-refractivity contribution in [2.75, 3.05) is 11.4 Å². The van der Waals surface area contributed by atoms with Gasteiger partial charge < -0.3 is 0 Å². The minimum absolute atomic E-state index is 0.0490. The fourth-order valence-electron chi connectivity index (χ4n) is 2.36. The second-order valence-electron chi connectivity index (χ2n) is 4.82. The molecule has 2 aromatic rings. The minimum atomic E-state index is -2.54. The molecule has 0 saturated heterocycles. The number of nitrogens with zero attached hydrogens (tertiary/aromatic N) is 5. The molecule has 0 radical (unpaired) electrons. The van der Waals surface area contributed by atoms with Crippen molar-refractivity contribution in [2.45, 2.75) is 25.8 Å². The third-order valence-corrected chi connectivity index (χ3v) is 3.37. The number of benzene rings is 1. The molecule has 110 valence electrons. The largest absolute Gasteiger partial charge is 0.279 e. The van der Waals surface area contributed by atoms with Crippen LogP contribution in [0.1, 0.15) is 24.0 Å². The van der Waals surface area contributed by atoms with Gasteiger partial charge in [-0.15, -0.1) is 0 Å². The number of rotatable bonds is 3. The number of aromatic nitrogens is 4. The summed E-state index contributed by atoms with van der Waals surface area (Å²) in [5.41, 5.74) is 0.478. The molecule has 3 rings (SSSR count). The molecule has 0 N–H and O–H groups in total. The lowest BCUT2D eigenvalue weighted by atomic mass is 10.1. The van der Waals surface area contributed by atoms with Crippen molar-refractivity contribution in [2.24, 2.45) is 0 Å². The summed E-state index contributed by atoms with van der Waals surface area (Å²) >= 11 is 0. The van der Waals surface area contributed by atoms with Gasteiger partial charge in [-0.2, -0.15) is 0 Å². The molecule has 0 atom stereocenters. The van der Waals surface area contributed by atoms with E-state index in [9.17, 15) is 13.6 Å². The van der Waals surface area contributed by atoms with Gasteiger partial charge in [0.1, 0.15) is 0 Å². The highest BCUT2D eigenvalue weighted by Crippen LogP contribution is 2.21. The number of amides is 1. The van der Waals surface area contributed by atoms with Crippen LogP contribution in [0.4, 0.5) is 14.7 Å². The van der Waals surface area contributed by atoms with Crippen LogP contribution < -0.4 is 4.90 Å². The maximum atomic E-state index is 12.7. The molecule has 2 heterocycles. The lowest BCUT2D eigenvalue weighted by Crippen LogP contribution is -2.39. The molecular weight excluding hydrogens is 280 g/mol. The van der Waals surface area contributed by atoms with E-state index in [2.05, 4.69) is 15.5 Å². The van der Waals surface area contributed by atoms with Crippen LogP contribution in [-0.2, 0) is 17.8 Å². The van der Waals surface area contributed by atoms with E-state index in [0.717, 1.165) is 6.42 Å². The summed E-state index contributed by atoms with van der Waals surface area (Å²) in [6.45, 7) is 1.21. The number of hydrogen-bond acceptors (Lipinski definition) is 4. The first-order chi connectivity index (χ1) is 10.1. The van der Waals surface area contributed by atoms with Crippen molar-refractivity contribution in [3.63, 3.8) is 0 Å². The zero-order valence-electron chi connectivity index (χ0n) is 11.1. The molecule has 8 heteroatoms. The van der Waals surface area contributed by atoms with Gasteiger partial charge in [0.25, 0.3) is 12.4 Å². The van der Waals surface area contributed by atoms with E-state index >= 15 is 0 Å². The normalized spacial score (nSPS) is 14.3. The number of alkyl halides is 2. The molecule has 0 bridgehead atoms. The van der Waals surface area contributed by atoms with Crippen molar-refractivity contribution in [3.05, 3.63) is 35.4 Å². The molecule has 0 unspecified atom stereocenters. The third kappa shape index (κ3) is 2.74. The van der Waals surface area contributed by atoms with Gasteiger partial charge in [-0.3, -0.25) is 9.69 Å². The predicted octanol–water partition coefficient (Wildman–Crippen LogP) is 1.59. The SMILES string of the molecule is O=C(Cc1cccc(C(F)F)c1)N1CCCn2nnnc21. The van der Waals surface area contributed by atoms with Crippen LogP contribution in [0, 0.1) is 0 Å². The number of aryl methyl sites for hydroxylation is 1. The zero-order chi connectivity index (χ0) is 14.8. The Morgan fingerprint density at radius 3 is 3.00 bits per heavy atom. The molecule has 0 spiro atoms. The number of hydrogen-bond donors (Lipinski definition) is 0. The van der Waals surface area contributed by atoms with Crippen molar-refractivity contribution in [3.8, 4) is 0 Å². The summed E-state index contributed by atoms with van der Waals surface area (Å²) in [6, 6.07) is 5.90. The summed E-state index contributed by atoms with van der Waals surface area (Å²) in [4.78, 5) is 13.8. The highest BCUT2D eigenvalue weighted by molar-refractivity contribution is 5.93. The number of anilines is 1. The number of halogens is 2. The summed E-state index contributed by atoms with van der Waals surface area (Å²) in [5.74, 6) is 0.216. The summed E-state index contributed by atoms with van der Waals surface area (Å²) < 4.78 is 26.9. The minimum Gasteiger partial charge on any atom is -0.279 e. The van der Waals surface area contributed by atoms with E-state index < -0.39 is 6.43 Å². The lowest BCUT2D eigenvalue weighted by molar-refractivity contribution is -0.118. The Kier molecular flexibility index (Phi) is 3.59. The van der Waals surface area contributed by atoms with Crippen molar-refractivity contribution in [1.29, 1.82) is 0 Å².